The maximum atomic E-state index is 15.4. The predicted octanol–water partition coefficient (Wildman–Crippen LogP) is 7.53. The van der Waals surface area contributed by atoms with Gasteiger partial charge in [-0.2, -0.15) is 0 Å². The summed E-state index contributed by atoms with van der Waals surface area (Å²) in [7, 11) is 0. The highest BCUT2D eigenvalue weighted by atomic mass is 32.1. The van der Waals surface area contributed by atoms with E-state index in [0.717, 1.165) is 35.7 Å². The van der Waals surface area contributed by atoms with Gasteiger partial charge in [0.25, 0.3) is 6.43 Å². The fourth-order valence-electron chi connectivity index (χ4n) is 4.87. The van der Waals surface area contributed by atoms with Gasteiger partial charge >= 0.3 is 5.97 Å². The maximum Gasteiger partial charge on any atom is 0.335 e. The molecular formula is C30H22F6N4O3S. The number of benzene rings is 2. The average molecular weight is 633 g/mol. The zero-order chi connectivity index (χ0) is 31.2. The number of rotatable bonds is 11. The van der Waals surface area contributed by atoms with Crippen LogP contribution in [0.4, 0.5) is 26.3 Å². The molecule has 0 atom stereocenters. The Morgan fingerprint density at radius 2 is 1.86 bits per heavy atom. The van der Waals surface area contributed by atoms with Crippen LogP contribution in [0.1, 0.15) is 50.9 Å². The van der Waals surface area contributed by atoms with Gasteiger partial charge in [-0.15, -0.1) is 11.3 Å². The van der Waals surface area contributed by atoms with Gasteiger partial charge in [-0.3, -0.25) is 4.39 Å². The number of aromatic nitrogens is 4. The number of thiazole rings is 1. The second-order valence-electron chi connectivity index (χ2n) is 10.6. The monoisotopic (exact) mass is 632 g/mol. The summed E-state index contributed by atoms with van der Waals surface area (Å²) in [6, 6.07) is 8.40. The minimum atomic E-state index is -2.65. The molecule has 0 unspecified atom stereocenters. The van der Waals surface area contributed by atoms with Crippen LogP contribution in [0.15, 0.2) is 48.7 Å². The van der Waals surface area contributed by atoms with Crippen molar-refractivity contribution in [1.29, 1.82) is 0 Å². The van der Waals surface area contributed by atoms with E-state index < -0.39 is 41.9 Å². The Morgan fingerprint density at radius 1 is 1.07 bits per heavy atom. The molecule has 1 fully saturated rings. The maximum absolute atomic E-state index is 15.4. The number of halogens is 6. The number of imidazole rings is 1. The first-order valence-corrected chi connectivity index (χ1v) is 14.2. The van der Waals surface area contributed by atoms with Crippen molar-refractivity contribution < 1.29 is 41.0 Å². The van der Waals surface area contributed by atoms with Gasteiger partial charge in [0.2, 0.25) is 5.88 Å². The van der Waals surface area contributed by atoms with Crippen molar-refractivity contribution in [2.24, 2.45) is 5.41 Å². The van der Waals surface area contributed by atoms with E-state index in [1.807, 2.05) is 0 Å². The molecule has 7 nitrogen and oxygen atoms in total. The van der Waals surface area contributed by atoms with Gasteiger partial charge in [0.15, 0.2) is 5.82 Å². The van der Waals surface area contributed by atoms with E-state index in [2.05, 4.69) is 15.0 Å². The molecule has 0 bridgehead atoms. The summed E-state index contributed by atoms with van der Waals surface area (Å²) in [5.41, 5.74) is -1.30. The summed E-state index contributed by atoms with van der Waals surface area (Å²) in [4.78, 5) is 23.7. The van der Waals surface area contributed by atoms with Crippen LogP contribution < -0.4 is 4.74 Å². The third-order valence-electron chi connectivity index (χ3n) is 7.48. The van der Waals surface area contributed by atoms with E-state index in [1.54, 1.807) is 0 Å². The number of hydrogen-bond donors (Lipinski definition) is 1. The lowest BCUT2D eigenvalue weighted by molar-refractivity contribution is 0.0696. The molecule has 2 aromatic carbocycles. The Bertz CT molecular complexity index is 1890. The van der Waals surface area contributed by atoms with Crippen molar-refractivity contribution in [2.75, 3.05) is 6.67 Å². The number of hydrogen-bond acceptors (Lipinski definition) is 6. The van der Waals surface area contributed by atoms with Crippen molar-refractivity contribution in [3.8, 4) is 17.1 Å². The number of fused-ring (bicyclic) bond motifs is 1. The van der Waals surface area contributed by atoms with Crippen LogP contribution in [0.25, 0.3) is 22.3 Å². The Labute approximate surface area is 249 Å². The smallest absolute Gasteiger partial charge is 0.335 e. The first-order valence-electron chi connectivity index (χ1n) is 13.3. The molecule has 14 heteroatoms. The third-order valence-corrected chi connectivity index (χ3v) is 8.46. The molecule has 1 aliphatic rings. The van der Waals surface area contributed by atoms with Crippen LogP contribution in [-0.4, -0.2) is 37.3 Å². The highest BCUT2D eigenvalue weighted by molar-refractivity contribution is 7.11. The lowest BCUT2D eigenvalue weighted by atomic mass is 10.0. The van der Waals surface area contributed by atoms with Crippen molar-refractivity contribution in [2.45, 2.75) is 38.8 Å². The summed E-state index contributed by atoms with van der Waals surface area (Å²) in [6.07, 6.45) is -0.747. The largest absolute Gasteiger partial charge is 0.478 e. The van der Waals surface area contributed by atoms with Gasteiger partial charge in [-0.05, 0) is 48.7 Å². The van der Waals surface area contributed by atoms with Crippen molar-refractivity contribution in [1.82, 2.24) is 19.5 Å². The molecule has 0 aliphatic heterocycles. The van der Waals surface area contributed by atoms with E-state index in [0.29, 0.717) is 17.8 Å². The predicted molar refractivity (Wildman–Crippen MR) is 148 cm³/mol. The Balaban J connectivity index is 1.29. The minimum Gasteiger partial charge on any atom is -0.478 e. The summed E-state index contributed by atoms with van der Waals surface area (Å²) in [5.74, 6) is -3.73. The number of carboxylic acids is 1. The summed E-state index contributed by atoms with van der Waals surface area (Å²) < 4.78 is 92.2. The van der Waals surface area contributed by atoms with Gasteiger partial charge in [0, 0.05) is 36.2 Å². The number of nitrogens with zero attached hydrogens (tertiary/aromatic N) is 4. The van der Waals surface area contributed by atoms with Gasteiger partial charge in [-0.25, -0.2) is 41.7 Å². The first kappa shape index (κ1) is 29.6. The molecule has 3 aromatic heterocycles. The second kappa shape index (κ2) is 11.6. The number of pyridine rings is 1. The number of ether oxygens (including phenoxy) is 1. The number of aromatic carboxylic acids is 1. The summed E-state index contributed by atoms with van der Waals surface area (Å²) in [6.45, 7) is -0.731. The lowest BCUT2D eigenvalue weighted by Crippen LogP contribution is -2.16. The molecule has 5 aromatic rings. The molecule has 0 saturated heterocycles. The fraction of sp³-hybridized carbons (Fsp3) is 0.267. The van der Waals surface area contributed by atoms with Gasteiger partial charge in [0.1, 0.15) is 34.6 Å². The average Bonchev–Trinajstić information content (AvgIpc) is 3.46. The van der Waals surface area contributed by atoms with Crippen LogP contribution in [0.2, 0.25) is 0 Å². The van der Waals surface area contributed by atoms with Crippen molar-refractivity contribution in [3.63, 3.8) is 0 Å². The molecule has 6 rings (SSSR count). The standard InChI is InChI=1S/C30H22F6N4O3S/c31-13-30(4-5-30)14-40-22-8-16(29(41)42)7-20(34)27(22)39-24(40)9-15-6-19(33)17(10-18(15)32)21-2-1-3-25(38-21)43-12-26-37-11-23(44-26)28(35)36/h1-3,6-8,10-11,28H,4-5,9,12-14H2,(H,41,42). The van der Waals surface area contributed by atoms with Crippen LogP contribution in [0.3, 0.4) is 0 Å². The Hall–Kier alpha value is -4.46. The molecule has 228 valence electrons. The summed E-state index contributed by atoms with van der Waals surface area (Å²) >= 11 is 0.784. The molecular weight excluding hydrogens is 610 g/mol. The van der Waals surface area contributed by atoms with E-state index >= 15 is 8.78 Å². The fourth-order valence-corrected chi connectivity index (χ4v) is 5.56. The highest BCUT2D eigenvalue weighted by Crippen LogP contribution is 2.48. The minimum absolute atomic E-state index is 0.0403. The molecule has 44 heavy (non-hydrogen) atoms. The zero-order valence-electron chi connectivity index (χ0n) is 22.7. The SMILES string of the molecule is O=C(O)c1cc(F)c2nc(Cc3cc(F)c(-c4cccc(OCc5ncc(C(F)F)s5)n4)cc3F)n(CC3(CF)CC3)c2c1. The molecule has 0 radical (unpaired) electrons. The Kier molecular flexibility index (Phi) is 7.78. The molecule has 1 aliphatic carbocycles. The zero-order valence-corrected chi connectivity index (χ0v) is 23.5. The first-order chi connectivity index (χ1) is 21.1. The van der Waals surface area contributed by atoms with Crippen LogP contribution in [0, 0.1) is 22.9 Å². The highest BCUT2D eigenvalue weighted by Gasteiger charge is 2.44. The van der Waals surface area contributed by atoms with Crippen LogP contribution >= 0.6 is 11.3 Å². The molecule has 1 saturated carbocycles. The Morgan fingerprint density at radius 3 is 2.55 bits per heavy atom. The van der Waals surface area contributed by atoms with Gasteiger partial charge < -0.3 is 14.4 Å². The summed E-state index contributed by atoms with van der Waals surface area (Å²) in [5, 5.41) is 9.70. The van der Waals surface area contributed by atoms with Gasteiger partial charge in [-0.1, -0.05) is 6.07 Å². The van der Waals surface area contributed by atoms with Gasteiger partial charge in [0.05, 0.1) is 28.3 Å². The van der Waals surface area contributed by atoms with Crippen molar-refractivity contribution in [3.05, 3.63) is 92.9 Å². The molecule has 1 N–H and O–H groups in total. The van der Waals surface area contributed by atoms with E-state index in [1.165, 1.54) is 28.8 Å². The van der Waals surface area contributed by atoms with E-state index in [-0.39, 0.29) is 69.6 Å². The molecule has 0 amide bonds. The van der Waals surface area contributed by atoms with E-state index in [9.17, 15) is 27.5 Å². The number of carboxylic acid groups (broad SMARTS) is 1. The normalized spacial score (nSPS) is 14.0. The topological polar surface area (TPSA) is 90.1 Å². The van der Waals surface area contributed by atoms with Crippen LogP contribution in [0.5, 0.6) is 5.88 Å². The quantitative estimate of drug-likeness (QED) is 0.152. The van der Waals surface area contributed by atoms with E-state index in [4.69, 9.17) is 4.74 Å². The second-order valence-corrected chi connectivity index (χ2v) is 11.7. The number of carbonyl (C=O) groups is 1. The molecule has 3 heterocycles. The molecule has 0 spiro atoms. The van der Waals surface area contributed by atoms with Crippen LogP contribution in [-0.2, 0) is 19.6 Å². The third kappa shape index (κ3) is 5.85. The number of alkyl halides is 3. The van der Waals surface area contributed by atoms with Crippen molar-refractivity contribution >= 4 is 28.3 Å². The lowest BCUT2D eigenvalue weighted by Gasteiger charge is -2.16.